The number of fused-ring (bicyclic) bond motifs is 12. The monoisotopic (exact) mass is 839 g/mol. The molecular weight excluding hydrogens is 802 g/mol. The summed E-state index contributed by atoms with van der Waals surface area (Å²) in [7, 11) is -3.29. The first-order chi connectivity index (χ1) is 31.7. The van der Waals surface area contributed by atoms with Crippen molar-refractivity contribution >= 4 is 95.1 Å². The largest absolute Gasteiger partial charge is 0.309 e. The lowest BCUT2D eigenvalue weighted by atomic mass is 9.94. The third-order valence-corrected chi connectivity index (χ3v) is 18.2. The fraction of sp³-hybridized carbons (Fsp3) is 0.0175. The fourth-order valence-electron chi connectivity index (χ4n) is 10.8. The van der Waals surface area contributed by atoms with Gasteiger partial charge in [0.2, 0.25) is 0 Å². The van der Waals surface area contributed by atoms with E-state index in [1.54, 1.807) is 0 Å². The second-order valence-corrected chi connectivity index (χ2v) is 20.3. The molecule has 0 fully saturated rings. The standard InChI is InChI=1S/C57H38FN5Si/c58-54(38-31-32-42-43-24-10-12-26-47(43)61-35-34-60-57(61)45(42)36-38)46-37-50-56(55-53(46)44-25-11-13-27-48(44)62(55)39-18-4-1-5-19-39)64(40-20-6-2-7-21-40,41-22-8-3-9-23-41)51-29-15-14-28-49(51)63(50)52-30-16-17-33-59-52/h1-37,54H. The first-order valence-electron chi connectivity index (χ1n) is 21.7. The molecule has 13 rings (SSSR count). The number of aromatic nitrogens is 4. The fourth-order valence-corrected chi connectivity index (χ4v) is 16.1. The van der Waals surface area contributed by atoms with Crippen LogP contribution >= 0.6 is 0 Å². The van der Waals surface area contributed by atoms with Gasteiger partial charge in [-0.1, -0.05) is 152 Å². The molecule has 302 valence electrons. The van der Waals surface area contributed by atoms with Gasteiger partial charge in [0.1, 0.15) is 11.5 Å². The van der Waals surface area contributed by atoms with Crippen molar-refractivity contribution in [2.45, 2.75) is 6.17 Å². The van der Waals surface area contributed by atoms with Gasteiger partial charge < -0.3 is 4.57 Å². The van der Waals surface area contributed by atoms with E-state index in [0.29, 0.717) is 11.1 Å². The van der Waals surface area contributed by atoms with Crippen molar-refractivity contribution in [1.82, 2.24) is 18.9 Å². The molecule has 5 nitrogen and oxygen atoms in total. The van der Waals surface area contributed by atoms with Gasteiger partial charge in [-0.3, -0.25) is 9.30 Å². The van der Waals surface area contributed by atoms with Crippen LogP contribution in [0.2, 0.25) is 0 Å². The highest BCUT2D eigenvalue weighted by Gasteiger charge is 2.51. The van der Waals surface area contributed by atoms with Crippen LogP contribution in [-0.4, -0.2) is 27.0 Å². The lowest BCUT2D eigenvalue weighted by Crippen LogP contribution is -2.77. The van der Waals surface area contributed by atoms with Crippen molar-refractivity contribution in [1.29, 1.82) is 0 Å². The van der Waals surface area contributed by atoms with Crippen LogP contribution in [0.3, 0.4) is 0 Å². The Bertz CT molecular complexity index is 3720. The van der Waals surface area contributed by atoms with Crippen LogP contribution in [0, 0.1) is 0 Å². The quantitative estimate of drug-likeness (QED) is 0.124. The second-order valence-electron chi connectivity index (χ2n) is 16.6. The number of para-hydroxylation sites is 4. The van der Waals surface area contributed by atoms with E-state index in [-0.39, 0.29) is 0 Å². The topological polar surface area (TPSA) is 38.4 Å². The van der Waals surface area contributed by atoms with Crippen molar-refractivity contribution in [3.63, 3.8) is 0 Å². The molecule has 0 saturated carbocycles. The Morgan fingerprint density at radius 1 is 0.500 bits per heavy atom. The summed E-state index contributed by atoms with van der Waals surface area (Å²) >= 11 is 0. The zero-order chi connectivity index (χ0) is 42.4. The van der Waals surface area contributed by atoms with Gasteiger partial charge >= 0.3 is 0 Å². The van der Waals surface area contributed by atoms with E-state index in [1.807, 2.05) is 48.9 Å². The molecule has 1 unspecified atom stereocenters. The average molecular weight is 840 g/mol. The number of anilines is 3. The Labute approximate surface area is 369 Å². The van der Waals surface area contributed by atoms with Crippen LogP contribution in [-0.2, 0) is 0 Å². The number of halogens is 1. The minimum Gasteiger partial charge on any atom is -0.309 e. The molecule has 12 aromatic rings. The average Bonchev–Trinajstić information content (AvgIpc) is 4.01. The molecule has 5 heterocycles. The van der Waals surface area contributed by atoms with E-state index >= 15 is 4.39 Å². The van der Waals surface area contributed by atoms with Gasteiger partial charge in [-0.2, -0.15) is 0 Å². The second kappa shape index (κ2) is 14.2. The maximum absolute atomic E-state index is 18.9. The molecule has 7 heteroatoms. The van der Waals surface area contributed by atoms with Crippen molar-refractivity contribution in [3.05, 3.63) is 236 Å². The molecule has 64 heavy (non-hydrogen) atoms. The number of nitrogens with zero attached hydrogens (tertiary/aromatic N) is 5. The van der Waals surface area contributed by atoms with Gasteiger partial charge in [0.25, 0.3) is 0 Å². The molecule has 1 aliphatic heterocycles. The summed E-state index contributed by atoms with van der Waals surface area (Å²) in [6, 6.07) is 72.6. The molecule has 0 bridgehead atoms. The van der Waals surface area contributed by atoms with Crippen molar-refractivity contribution in [2.75, 3.05) is 4.90 Å². The minimum atomic E-state index is -3.29. The predicted octanol–water partition coefficient (Wildman–Crippen LogP) is 11.4. The molecule has 1 aliphatic rings. The van der Waals surface area contributed by atoms with E-state index in [1.165, 1.54) is 20.7 Å². The zero-order valence-electron chi connectivity index (χ0n) is 34.6. The zero-order valence-corrected chi connectivity index (χ0v) is 35.6. The Hall–Kier alpha value is -8.13. The molecule has 8 aromatic carbocycles. The van der Waals surface area contributed by atoms with Gasteiger partial charge in [0, 0.05) is 62.3 Å². The van der Waals surface area contributed by atoms with Crippen LogP contribution in [0.1, 0.15) is 17.3 Å². The molecule has 0 N–H and O–H groups in total. The highest BCUT2D eigenvalue weighted by Crippen LogP contribution is 2.47. The van der Waals surface area contributed by atoms with Gasteiger partial charge in [-0.15, -0.1) is 0 Å². The first-order valence-corrected chi connectivity index (χ1v) is 23.7. The number of benzene rings is 8. The number of hydrogen-bond donors (Lipinski definition) is 0. The predicted molar refractivity (Wildman–Crippen MR) is 264 cm³/mol. The summed E-state index contributed by atoms with van der Waals surface area (Å²) in [5.74, 6) is 0.766. The third-order valence-electron chi connectivity index (χ3n) is 13.4. The first kappa shape index (κ1) is 36.5. The molecule has 4 aromatic heterocycles. The van der Waals surface area contributed by atoms with E-state index in [4.69, 9.17) is 9.97 Å². The number of pyridine rings is 2. The third kappa shape index (κ3) is 5.10. The molecular formula is C57H38FN5Si. The summed E-state index contributed by atoms with van der Waals surface area (Å²) in [6.07, 6.45) is 4.15. The summed E-state index contributed by atoms with van der Waals surface area (Å²) in [5, 5.41) is 9.87. The van der Waals surface area contributed by atoms with Crippen molar-refractivity contribution < 1.29 is 4.39 Å². The number of rotatable bonds is 6. The molecule has 0 saturated heterocycles. The number of imidazole rings is 1. The lowest BCUT2D eigenvalue weighted by molar-refractivity contribution is 0.405. The smallest absolute Gasteiger partial charge is 0.186 e. The Morgan fingerprint density at radius 2 is 1.16 bits per heavy atom. The molecule has 0 radical (unpaired) electrons. The molecule has 1 atom stereocenters. The Balaban J connectivity index is 1.23. The SMILES string of the molecule is FC(c1ccc2c3ccccc3n3ccnc3c2c1)c1cc2c(c3c1c1ccccc1n3-c1ccccc1)[Si](c1ccccc1)(c1ccccc1)c1ccccc1N2c1ccccn1. The van der Waals surface area contributed by atoms with Crippen molar-refractivity contribution in [3.8, 4) is 5.69 Å². The maximum Gasteiger partial charge on any atom is 0.186 e. The van der Waals surface area contributed by atoms with Gasteiger partial charge in [-0.25, -0.2) is 14.4 Å². The van der Waals surface area contributed by atoms with Gasteiger partial charge in [0.15, 0.2) is 14.2 Å². The summed E-state index contributed by atoms with van der Waals surface area (Å²) < 4.78 is 23.4. The van der Waals surface area contributed by atoms with Crippen LogP contribution in [0.5, 0.6) is 0 Å². The van der Waals surface area contributed by atoms with E-state index in [9.17, 15) is 0 Å². The van der Waals surface area contributed by atoms with Crippen LogP contribution in [0.15, 0.2) is 225 Å². The highest BCUT2D eigenvalue weighted by molar-refractivity contribution is 7.22. The van der Waals surface area contributed by atoms with E-state index < -0.39 is 14.2 Å². The molecule has 0 amide bonds. The summed E-state index contributed by atoms with van der Waals surface area (Å²) in [4.78, 5) is 12.1. The van der Waals surface area contributed by atoms with Crippen LogP contribution in [0.4, 0.5) is 21.6 Å². The molecule has 0 spiro atoms. The minimum absolute atomic E-state index is 0.570. The summed E-state index contributed by atoms with van der Waals surface area (Å²) in [6.45, 7) is 0. The van der Waals surface area contributed by atoms with Crippen LogP contribution < -0.4 is 25.6 Å². The summed E-state index contributed by atoms with van der Waals surface area (Å²) in [5.41, 5.74) is 8.02. The van der Waals surface area contributed by atoms with Crippen molar-refractivity contribution in [2.24, 2.45) is 0 Å². The normalized spacial score (nSPS) is 13.7. The Morgan fingerprint density at radius 3 is 1.91 bits per heavy atom. The van der Waals surface area contributed by atoms with E-state index in [2.05, 4.69) is 190 Å². The van der Waals surface area contributed by atoms with Gasteiger partial charge in [0.05, 0.1) is 22.2 Å². The number of alkyl halides is 1. The molecule has 0 aliphatic carbocycles. The number of hydrogen-bond acceptors (Lipinski definition) is 3. The highest BCUT2D eigenvalue weighted by atomic mass is 28.3. The maximum atomic E-state index is 18.9. The Kier molecular flexibility index (Phi) is 8.10. The van der Waals surface area contributed by atoms with Gasteiger partial charge in [-0.05, 0) is 81.1 Å². The lowest BCUT2D eigenvalue weighted by Gasteiger charge is -2.45. The van der Waals surface area contributed by atoms with E-state index in [0.717, 1.165) is 72.0 Å². The van der Waals surface area contributed by atoms with Crippen LogP contribution in [0.25, 0.3) is 54.8 Å².